The molecule has 1 rings (SSSR count). The van der Waals surface area contributed by atoms with Gasteiger partial charge in [-0.3, -0.25) is 4.79 Å². The first-order valence-corrected chi connectivity index (χ1v) is 5.10. The monoisotopic (exact) mass is 262 g/mol. The molecule has 0 aliphatic rings. The molecule has 18 heavy (non-hydrogen) atoms. The fourth-order valence-electron chi connectivity index (χ4n) is 1.37. The molecule has 0 heterocycles. The zero-order valence-electron chi connectivity index (χ0n) is 9.67. The van der Waals surface area contributed by atoms with Gasteiger partial charge in [0.1, 0.15) is 0 Å². The third kappa shape index (κ3) is 3.36. The Balaban J connectivity index is 2.93. The van der Waals surface area contributed by atoms with Gasteiger partial charge >= 0.3 is 6.18 Å². The van der Waals surface area contributed by atoms with Gasteiger partial charge in [-0.05, 0) is 12.1 Å². The Bertz CT molecular complexity index is 433. The fourth-order valence-corrected chi connectivity index (χ4v) is 1.37. The van der Waals surface area contributed by atoms with Crippen LogP contribution in [0.4, 0.5) is 18.9 Å². The van der Waals surface area contributed by atoms with Crippen LogP contribution in [-0.2, 0) is 10.9 Å². The van der Waals surface area contributed by atoms with E-state index in [2.05, 4.69) is 5.32 Å². The maximum absolute atomic E-state index is 12.6. The molecule has 0 spiro atoms. The molecule has 0 atom stereocenters. The summed E-state index contributed by atoms with van der Waals surface area (Å²) in [7, 11) is 1.45. The Labute approximate surface area is 102 Å². The van der Waals surface area contributed by atoms with Gasteiger partial charge in [-0.15, -0.1) is 0 Å². The summed E-state index contributed by atoms with van der Waals surface area (Å²) in [6, 6.07) is 3.22. The summed E-state index contributed by atoms with van der Waals surface area (Å²) in [5.41, 5.74) is 3.59. The summed E-state index contributed by atoms with van der Waals surface area (Å²) in [6.45, 7) is 0.468. The van der Waals surface area contributed by atoms with Crippen molar-refractivity contribution in [1.29, 1.82) is 0 Å². The lowest BCUT2D eigenvalue weighted by Gasteiger charge is -2.13. The molecule has 1 aromatic rings. The van der Waals surface area contributed by atoms with Crippen LogP contribution in [0.2, 0.25) is 0 Å². The van der Waals surface area contributed by atoms with Crippen LogP contribution in [0.3, 0.4) is 0 Å². The summed E-state index contributed by atoms with van der Waals surface area (Å²) in [4.78, 5) is 11.6. The molecule has 0 bridgehead atoms. The molecule has 1 amide bonds. The number of methoxy groups -OCH3 is 1. The number of anilines is 1. The number of hydrogen-bond donors (Lipinski definition) is 2. The quantitative estimate of drug-likeness (QED) is 0.640. The summed E-state index contributed by atoms with van der Waals surface area (Å²) in [5.74, 6) is -0.657. The van der Waals surface area contributed by atoms with Gasteiger partial charge < -0.3 is 15.8 Å². The number of halogens is 3. The molecule has 7 heteroatoms. The van der Waals surface area contributed by atoms with Crippen LogP contribution >= 0.6 is 0 Å². The number of alkyl halides is 3. The van der Waals surface area contributed by atoms with E-state index in [9.17, 15) is 18.0 Å². The molecule has 100 valence electrons. The Morgan fingerprint density at radius 1 is 1.44 bits per heavy atom. The number of nitrogens with one attached hydrogen (secondary N) is 1. The van der Waals surface area contributed by atoms with Crippen LogP contribution in [0.25, 0.3) is 0 Å². The number of nitrogens with two attached hydrogens (primary N) is 1. The average molecular weight is 262 g/mol. The SMILES string of the molecule is COCCNC(=O)c1cccc(C(F)(F)F)c1N. The van der Waals surface area contributed by atoms with Crippen LogP contribution in [0.1, 0.15) is 15.9 Å². The third-order valence-electron chi connectivity index (χ3n) is 2.25. The number of hydrogen-bond acceptors (Lipinski definition) is 3. The second-order valence-electron chi connectivity index (χ2n) is 3.51. The topological polar surface area (TPSA) is 64.3 Å². The van der Waals surface area contributed by atoms with Crippen molar-refractivity contribution in [2.45, 2.75) is 6.18 Å². The largest absolute Gasteiger partial charge is 0.418 e. The van der Waals surface area contributed by atoms with Gasteiger partial charge in [0.25, 0.3) is 5.91 Å². The summed E-state index contributed by atoms with van der Waals surface area (Å²) in [5, 5.41) is 2.41. The van der Waals surface area contributed by atoms with E-state index in [1.807, 2.05) is 0 Å². The predicted molar refractivity (Wildman–Crippen MR) is 60.1 cm³/mol. The molecule has 0 aliphatic carbocycles. The minimum absolute atomic E-state index is 0.194. The van der Waals surface area contributed by atoms with Gasteiger partial charge in [0.2, 0.25) is 0 Å². The standard InChI is InChI=1S/C11H13F3N2O2/c1-18-6-5-16-10(17)7-3-2-4-8(9(7)15)11(12,13)14/h2-4H,5-6,15H2,1H3,(H,16,17). The van der Waals surface area contributed by atoms with Crippen LogP contribution in [0.15, 0.2) is 18.2 Å². The van der Waals surface area contributed by atoms with E-state index in [0.29, 0.717) is 0 Å². The number of amides is 1. The second kappa shape index (κ2) is 5.72. The van der Waals surface area contributed by atoms with Crippen LogP contribution < -0.4 is 11.1 Å². The van der Waals surface area contributed by atoms with Crippen LogP contribution in [0.5, 0.6) is 0 Å². The van der Waals surface area contributed by atoms with Gasteiger partial charge in [-0.25, -0.2) is 0 Å². The Morgan fingerprint density at radius 2 is 2.11 bits per heavy atom. The average Bonchev–Trinajstić information content (AvgIpc) is 2.28. The van der Waals surface area contributed by atoms with Crippen molar-refractivity contribution in [3.8, 4) is 0 Å². The van der Waals surface area contributed by atoms with Gasteiger partial charge in [-0.1, -0.05) is 6.07 Å². The minimum atomic E-state index is -4.58. The van der Waals surface area contributed by atoms with Crippen LogP contribution in [-0.4, -0.2) is 26.2 Å². The van der Waals surface area contributed by atoms with Gasteiger partial charge in [0, 0.05) is 13.7 Å². The Kier molecular flexibility index (Phi) is 4.55. The van der Waals surface area contributed by atoms with Gasteiger partial charge in [0.05, 0.1) is 23.4 Å². The number of carbonyl (C=O) groups excluding carboxylic acids is 1. The zero-order chi connectivity index (χ0) is 13.8. The van der Waals surface area contributed by atoms with E-state index in [-0.39, 0.29) is 18.7 Å². The molecule has 1 aromatic carbocycles. The number of rotatable bonds is 4. The van der Waals surface area contributed by atoms with Gasteiger partial charge in [0.15, 0.2) is 0 Å². The molecule has 0 aliphatic heterocycles. The first-order valence-electron chi connectivity index (χ1n) is 5.10. The first kappa shape index (κ1) is 14.3. The third-order valence-corrected chi connectivity index (χ3v) is 2.25. The highest BCUT2D eigenvalue weighted by Crippen LogP contribution is 2.34. The van der Waals surface area contributed by atoms with E-state index in [0.717, 1.165) is 12.1 Å². The van der Waals surface area contributed by atoms with Crippen LogP contribution in [0, 0.1) is 0 Å². The summed E-state index contributed by atoms with van der Waals surface area (Å²) < 4.78 is 42.4. The van der Waals surface area contributed by atoms with Crippen molar-refractivity contribution in [3.05, 3.63) is 29.3 Å². The van der Waals surface area contributed by atoms with E-state index in [1.54, 1.807) is 0 Å². The maximum atomic E-state index is 12.6. The molecule has 0 saturated heterocycles. The maximum Gasteiger partial charge on any atom is 0.418 e. The normalized spacial score (nSPS) is 11.3. The molecule has 0 radical (unpaired) electrons. The number of nitrogen functional groups attached to an aromatic ring is 1. The van der Waals surface area contributed by atoms with Gasteiger partial charge in [-0.2, -0.15) is 13.2 Å². The molecule has 0 aromatic heterocycles. The molecule has 4 nitrogen and oxygen atoms in total. The number of benzene rings is 1. The highest BCUT2D eigenvalue weighted by atomic mass is 19.4. The van der Waals surface area contributed by atoms with E-state index in [1.165, 1.54) is 13.2 Å². The smallest absolute Gasteiger partial charge is 0.398 e. The van der Waals surface area contributed by atoms with E-state index in [4.69, 9.17) is 10.5 Å². The second-order valence-corrected chi connectivity index (χ2v) is 3.51. The fraction of sp³-hybridized carbons (Fsp3) is 0.364. The van der Waals surface area contributed by atoms with Crippen molar-refractivity contribution >= 4 is 11.6 Å². The molecule has 0 saturated carbocycles. The van der Waals surface area contributed by atoms with E-state index < -0.39 is 23.3 Å². The molecule has 3 N–H and O–H groups in total. The number of para-hydroxylation sites is 1. The molecular weight excluding hydrogens is 249 g/mol. The Morgan fingerprint density at radius 3 is 2.67 bits per heavy atom. The predicted octanol–water partition coefficient (Wildman–Crippen LogP) is 1.66. The Hall–Kier alpha value is -1.76. The first-order chi connectivity index (χ1) is 8.38. The number of carbonyl (C=O) groups is 1. The van der Waals surface area contributed by atoms with Crippen molar-refractivity contribution in [2.24, 2.45) is 0 Å². The summed E-state index contributed by atoms with van der Waals surface area (Å²) >= 11 is 0. The zero-order valence-corrected chi connectivity index (χ0v) is 9.67. The lowest BCUT2D eigenvalue weighted by Crippen LogP contribution is -2.28. The molecule has 0 fully saturated rings. The highest BCUT2D eigenvalue weighted by Gasteiger charge is 2.34. The van der Waals surface area contributed by atoms with E-state index >= 15 is 0 Å². The lowest BCUT2D eigenvalue weighted by atomic mass is 10.1. The minimum Gasteiger partial charge on any atom is -0.398 e. The highest BCUT2D eigenvalue weighted by molar-refractivity contribution is 5.99. The lowest BCUT2D eigenvalue weighted by molar-refractivity contribution is -0.136. The number of ether oxygens (including phenoxy) is 1. The van der Waals surface area contributed by atoms with Crippen molar-refractivity contribution in [2.75, 3.05) is 26.0 Å². The molecule has 0 unspecified atom stereocenters. The van der Waals surface area contributed by atoms with Crippen molar-refractivity contribution < 1.29 is 22.7 Å². The van der Waals surface area contributed by atoms with Crippen molar-refractivity contribution in [3.63, 3.8) is 0 Å². The van der Waals surface area contributed by atoms with Crippen molar-refractivity contribution in [1.82, 2.24) is 5.32 Å². The summed E-state index contributed by atoms with van der Waals surface area (Å²) in [6.07, 6.45) is -4.58. The molecular formula is C11H13F3N2O2.